The van der Waals surface area contributed by atoms with E-state index >= 15 is 0 Å². The number of allylic oxidation sites excluding steroid dienone is 2. The van der Waals surface area contributed by atoms with Crippen LogP contribution in [-0.4, -0.2) is 6.54 Å². The molecule has 1 radical (unpaired) electrons. The highest BCUT2D eigenvalue weighted by atomic mass is 15.0. The Labute approximate surface area is 61.0 Å². The molecule has 0 bridgehead atoms. The minimum absolute atomic E-state index is 1.05. The molecule has 0 spiro atoms. The van der Waals surface area contributed by atoms with Crippen LogP contribution in [0.25, 0.3) is 0 Å². The highest BCUT2D eigenvalue weighted by molar-refractivity contribution is 5.21. The van der Waals surface area contributed by atoms with Gasteiger partial charge in [-0.3, -0.25) is 5.32 Å². The average molecular weight is 135 g/mol. The largest absolute Gasteiger partial charge is 0.387 e. The summed E-state index contributed by atoms with van der Waals surface area (Å²) >= 11 is 0. The topological polar surface area (TPSA) is 26.1 Å². The Morgan fingerprint density at radius 1 is 1.50 bits per heavy atom. The SMILES string of the molecule is C1=C[N]C2=C(C1)NCCC2. The molecule has 53 valence electrons. The van der Waals surface area contributed by atoms with Gasteiger partial charge in [-0.05, 0) is 12.8 Å². The monoisotopic (exact) mass is 135 g/mol. The van der Waals surface area contributed by atoms with E-state index in [9.17, 15) is 0 Å². The second-order valence-corrected chi connectivity index (χ2v) is 2.67. The lowest BCUT2D eigenvalue weighted by molar-refractivity contribution is 0.613. The third-order valence-electron chi connectivity index (χ3n) is 1.93. The van der Waals surface area contributed by atoms with Crippen LogP contribution in [0.15, 0.2) is 23.7 Å². The average Bonchev–Trinajstić information content (AvgIpc) is 2.05. The lowest BCUT2D eigenvalue weighted by Gasteiger charge is -2.22. The number of hydrogen-bond donors (Lipinski definition) is 1. The highest BCUT2D eigenvalue weighted by Crippen LogP contribution is 2.18. The van der Waals surface area contributed by atoms with Crippen molar-refractivity contribution in [2.75, 3.05) is 6.54 Å². The van der Waals surface area contributed by atoms with Crippen molar-refractivity contribution in [1.29, 1.82) is 0 Å². The molecule has 0 amide bonds. The number of hydrogen-bond acceptors (Lipinski definition) is 1. The van der Waals surface area contributed by atoms with Gasteiger partial charge in [-0.2, -0.15) is 0 Å². The van der Waals surface area contributed by atoms with Crippen LogP contribution in [0.5, 0.6) is 0 Å². The molecule has 0 aliphatic carbocycles. The summed E-state index contributed by atoms with van der Waals surface area (Å²) < 4.78 is 0. The Balaban J connectivity index is 2.17. The normalized spacial score (nSPS) is 23.2. The number of nitrogens with one attached hydrogen (secondary N) is 1. The maximum absolute atomic E-state index is 4.29. The maximum Gasteiger partial charge on any atom is 0.0596 e. The first-order valence-electron chi connectivity index (χ1n) is 3.78. The second-order valence-electron chi connectivity index (χ2n) is 2.67. The van der Waals surface area contributed by atoms with Crippen LogP contribution in [0, 0.1) is 0 Å². The summed E-state index contributed by atoms with van der Waals surface area (Å²) in [5.41, 5.74) is 2.61. The van der Waals surface area contributed by atoms with Crippen LogP contribution >= 0.6 is 0 Å². The predicted octanol–water partition coefficient (Wildman–Crippen LogP) is 1.10. The molecule has 0 fully saturated rings. The van der Waals surface area contributed by atoms with E-state index in [-0.39, 0.29) is 0 Å². The molecule has 0 atom stereocenters. The van der Waals surface area contributed by atoms with Gasteiger partial charge in [0.15, 0.2) is 0 Å². The fraction of sp³-hybridized carbons (Fsp3) is 0.500. The zero-order valence-corrected chi connectivity index (χ0v) is 5.93. The van der Waals surface area contributed by atoms with Gasteiger partial charge >= 0.3 is 0 Å². The van der Waals surface area contributed by atoms with Crippen molar-refractivity contribution in [1.82, 2.24) is 10.6 Å². The van der Waals surface area contributed by atoms with Gasteiger partial charge in [0.1, 0.15) is 0 Å². The van der Waals surface area contributed by atoms with E-state index in [0.29, 0.717) is 0 Å². The van der Waals surface area contributed by atoms with E-state index < -0.39 is 0 Å². The molecule has 0 aromatic heterocycles. The summed E-state index contributed by atoms with van der Waals surface area (Å²) in [4.78, 5) is 0. The lowest BCUT2D eigenvalue weighted by atomic mass is 10.1. The molecule has 2 aliphatic rings. The standard InChI is InChI=1S/C8H11N2/c1-3-7-8(9-5-1)4-2-6-10-7/h1,5,10H,2-4,6H2. The molecule has 0 aromatic carbocycles. The minimum Gasteiger partial charge on any atom is -0.387 e. The smallest absolute Gasteiger partial charge is 0.0596 e. The van der Waals surface area contributed by atoms with E-state index in [4.69, 9.17) is 0 Å². The van der Waals surface area contributed by atoms with Gasteiger partial charge < -0.3 is 5.32 Å². The first-order valence-corrected chi connectivity index (χ1v) is 3.78. The molecule has 0 aromatic rings. The Morgan fingerprint density at radius 2 is 2.50 bits per heavy atom. The number of rotatable bonds is 0. The van der Waals surface area contributed by atoms with Crippen molar-refractivity contribution in [3.8, 4) is 0 Å². The lowest BCUT2D eigenvalue weighted by Crippen LogP contribution is -2.25. The van der Waals surface area contributed by atoms with E-state index in [1.807, 2.05) is 6.20 Å². The van der Waals surface area contributed by atoms with Gasteiger partial charge in [0.2, 0.25) is 0 Å². The summed E-state index contributed by atoms with van der Waals surface area (Å²) in [6, 6.07) is 0. The Bertz CT molecular complexity index is 171. The summed E-state index contributed by atoms with van der Waals surface area (Å²) in [5, 5.41) is 7.64. The Hall–Kier alpha value is -0.920. The molecule has 2 aliphatic heterocycles. The summed E-state index contributed by atoms with van der Waals surface area (Å²) in [6.45, 7) is 1.13. The van der Waals surface area contributed by atoms with Crippen LogP contribution < -0.4 is 10.6 Å². The van der Waals surface area contributed by atoms with E-state index in [0.717, 1.165) is 19.4 Å². The first-order chi connectivity index (χ1) is 4.97. The van der Waals surface area contributed by atoms with Crippen molar-refractivity contribution in [2.45, 2.75) is 19.3 Å². The Morgan fingerprint density at radius 3 is 3.40 bits per heavy atom. The molecule has 0 unspecified atom stereocenters. The van der Waals surface area contributed by atoms with Crippen LogP contribution in [0.2, 0.25) is 0 Å². The first kappa shape index (κ1) is 5.83. The van der Waals surface area contributed by atoms with Crippen molar-refractivity contribution in [2.24, 2.45) is 0 Å². The molecule has 2 heterocycles. The van der Waals surface area contributed by atoms with E-state index in [1.165, 1.54) is 17.8 Å². The zero-order chi connectivity index (χ0) is 6.81. The van der Waals surface area contributed by atoms with Crippen molar-refractivity contribution in [3.63, 3.8) is 0 Å². The molecule has 10 heavy (non-hydrogen) atoms. The van der Waals surface area contributed by atoms with Crippen LogP contribution in [0.3, 0.4) is 0 Å². The molecule has 0 saturated heterocycles. The van der Waals surface area contributed by atoms with Gasteiger partial charge in [-0.25, -0.2) is 0 Å². The third kappa shape index (κ3) is 0.897. The minimum atomic E-state index is 1.05. The summed E-state index contributed by atoms with van der Waals surface area (Å²) in [6.07, 6.45) is 7.45. The molecular weight excluding hydrogens is 124 g/mol. The van der Waals surface area contributed by atoms with E-state index in [2.05, 4.69) is 16.7 Å². The van der Waals surface area contributed by atoms with Crippen molar-refractivity contribution in [3.05, 3.63) is 23.7 Å². The summed E-state index contributed by atoms with van der Waals surface area (Å²) in [7, 11) is 0. The fourth-order valence-electron chi connectivity index (χ4n) is 1.39. The molecule has 2 heteroatoms. The van der Waals surface area contributed by atoms with Gasteiger partial charge in [0, 0.05) is 24.9 Å². The third-order valence-corrected chi connectivity index (χ3v) is 1.93. The van der Waals surface area contributed by atoms with Crippen LogP contribution in [0.4, 0.5) is 0 Å². The second kappa shape index (κ2) is 2.37. The number of nitrogens with zero attached hydrogens (tertiary/aromatic N) is 1. The Kier molecular flexibility index (Phi) is 1.38. The fourth-order valence-corrected chi connectivity index (χ4v) is 1.39. The molecule has 2 nitrogen and oxygen atoms in total. The quantitative estimate of drug-likeness (QED) is 0.529. The molecular formula is C8H11N2. The van der Waals surface area contributed by atoms with E-state index in [1.54, 1.807) is 0 Å². The summed E-state index contributed by atoms with van der Waals surface area (Å²) in [5.74, 6) is 0. The molecule has 0 saturated carbocycles. The predicted molar refractivity (Wildman–Crippen MR) is 40.2 cm³/mol. The van der Waals surface area contributed by atoms with Crippen LogP contribution in [-0.2, 0) is 0 Å². The maximum atomic E-state index is 4.29. The van der Waals surface area contributed by atoms with Gasteiger partial charge in [-0.1, -0.05) is 6.08 Å². The van der Waals surface area contributed by atoms with Gasteiger partial charge in [0.25, 0.3) is 0 Å². The van der Waals surface area contributed by atoms with Crippen LogP contribution in [0.1, 0.15) is 19.3 Å². The molecule has 1 N–H and O–H groups in total. The van der Waals surface area contributed by atoms with Gasteiger partial charge in [-0.15, -0.1) is 0 Å². The highest BCUT2D eigenvalue weighted by Gasteiger charge is 2.12. The van der Waals surface area contributed by atoms with Crippen molar-refractivity contribution < 1.29 is 0 Å². The molecule has 2 rings (SSSR count). The zero-order valence-electron chi connectivity index (χ0n) is 5.93. The van der Waals surface area contributed by atoms with Gasteiger partial charge in [0.05, 0.1) is 5.70 Å². The van der Waals surface area contributed by atoms with Crippen molar-refractivity contribution >= 4 is 0 Å².